The Labute approximate surface area is 124 Å². The smallest absolute Gasteiger partial charge is 0.257 e. The predicted octanol–water partition coefficient (Wildman–Crippen LogP) is 3.28. The summed E-state index contributed by atoms with van der Waals surface area (Å²) in [4.78, 5) is 14.2. The molecule has 4 nitrogen and oxygen atoms in total. The van der Waals surface area contributed by atoms with Crippen LogP contribution in [0.3, 0.4) is 0 Å². The van der Waals surface area contributed by atoms with E-state index in [0.717, 1.165) is 17.0 Å². The lowest BCUT2D eigenvalue weighted by atomic mass is 10.0. The van der Waals surface area contributed by atoms with Crippen LogP contribution in [0.1, 0.15) is 29.0 Å². The molecule has 0 spiro atoms. The minimum atomic E-state index is -0.164. The Kier molecular flexibility index (Phi) is 3.52. The molecule has 1 atom stereocenters. The SMILES string of the molecule is CCOc1ccc(C2Nc3ccccc3C(=O)N2C)cc1. The quantitative estimate of drug-likeness (QED) is 0.939. The molecule has 2 aromatic rings. The zero-order chi connectivity index (χ0) is 14.8. The van der Waals surface area contributed by atoms with Gasteiger partial charge in [-0.25, -0.2) is 0 Å². The van der Waals surface area contributed by atoms with Crippen molar-refractivity contribution in [1.82, 2.24) is 4.90 Å². The molecule has 0 radical (unpaired) electrons. The van der Waals surface area contributed by atoms with E-state index in [2.05, 4.69) is 5.32 Å². The lowest BCUT2D eigenvalue weighted by Gasteiger charge is -2.35. The highest BCUT2D eigenvalue weighted by Crippen LogP contribution is 2.32. The summed E-state index contributed by atoms with van der Waals surface area (Å²) in [6, 6.07) is 15.4. The van der Waals surface area contributed by atoms with Crippen LogP contribution in [0.4, 0.5) is 5.69 Å². The van der Waals surface area contributed by atoms with Crippen LogP contribution in [0.5, 0.6) is 5.75 Å². The summed E-state index contributed by atoms with van der Waals surface area (Å²) < 4.78 is 5.45. The highest BCUT2D eigenvalue weighted by molar-refractivity contribution is 6.01. The zero-order valence-electron chi connectivity index (χ0n) is 12.2. The predicted molar refractivity (Wildman–Crippen MR) is 82.5 cm³/mol. The molecule has 21 heavy (non-hydrogen) atoms. The third kappa shape index (κ3) is 2.44. The Balaban J connectivity index is 1.91. The van der Waals surface area contributed by atoms with Gasteiger partial charge in [0.1, 0.15) is 11.9 Å². The van der Waals surface area contributed by atoms with Crippen LogP contribution in [0, 0.1) is 0 Å². The molecule has 1 aliphatic heterocycles. The van der Waals surface area contributed by atoms with Gasteiger partial charge in [-0.2, -0.15) is 0 Å². The van der Waals surface area contributed by atoms with Gasteiger partial charge in [0.15, 0.2) is 0 Å². The standard InChI is InChI=1S/C17H18N2O2/c1-3-21-13-10-8-12(9-11-13)16-18-15-7-5-4-6-14(15)17(20)19(16)2/h4-11,16,18H,3H2,1-2H3. The maximum absolute atomic E-state index is 12.4. The number of amides is 1. The van der Waals surface area contributed by atoms with Crippen LogP contribution in [0.15, 0.2) is 48.5 Å². The van der Waals surface area contributed by atoms with Crippen molar-refractivity contribution in [2.75, 3.05) is 19.0 Å². The largest absolute Gasteiger partial charge is 0.494 e. The highest BCUT2D eigenvalue weighted by Gasteiger charge is 2.29. The fourth-order valence-electron chi connectivity index (χ4n) is 2.57. The van der Waals surface area contributed by atoms with Crippen LogP contribution in [0.2, 0.25) is 0 Å². The van der Waals surface area contributed by atoms with Gasteiger partial charge in [-0.15, -0.1) is 0 Å². The lowest BCUT2D eigenvalue weighted by Crippen LogP contribution is -2.40. The number of rotatable bonds is 3. The molecular formula is C17H18N2O2. The van der Waals surface area contributed by atoms with Crippen molar-refractivity contribution in [2.45, 2.75) is 13.1 Å². The Bertz CT molecular complexity index is 652. The van der Waals surface area contributed by atoms with E-state index in [0.29, 0.717) is 12.2 Å². The fourth-order valence-corrected chi connectivity index (χ4v) is 2.57. The van der Waals surface area contributed by atoms with Gasteiger partial charge < -0.3 is 15.0 Å². The van der Waals surface area contributed by atoms with E-state index in [1.165, 1.54) is 0 Å². The molecule has 108 valence electrons. The third-order valence-corrected chi connectivity index (χ3v) is 3.66. The molecule has 1 aliphatic rings. The Morgan fingerprint density at radius 3 is 2.57 bits per heavy atom. The maximum atomic E-state index is 12.4. The number of fused-ring (bicyclic) bond motifs is 1. The minimum absolute atomic E-state index is 0.0308. The van der Waals surface area contributed by atoms with Gasteiger partial charge in [-0.3, -0.25) is 4.79 Å². The van der Waals surface area contributed by atoms with E-state index < -0.39 is 0 Å². The molecule has 0 aliphatic carbocycles. The van der Waals surface area contributed by atoms with Gasteiger partial charge in [0.25, 0.3) is 5.91 Å². The summed E-state index contributed by atoms with van der Waals surface area (Å²) in [5, 5.41) is 3.41. The van der Waals surface area contributed by atoms with Crippen LogP contribution < -0.4 is 10.1 Å². The Morgan fingerprint density at radius 1 is 1.14 bits per heavy atom. The van der Waals surface area contributed by atoms with E-state index in [-0.39, 0.29) is 12.1 Å². The monoisotopic (exact) mass is 282 g/mol. The summed E-state index contributed by atoms with van der Waals surface area (Å²) in [6.07, 6.45) is -0.164. The van der Waals surface area contributed by atoms with Gasteiger partial charge in [-0.1, -0.05) is 24.3 Å². The second-order valence-corrected chi connectivity index (χ2v) is 5.01. The molecule has 1 N–H and O–H groups in total. The van der Waals surface area contributed by atoms with E-state index >= 15 is 0 Å². The van der Waals surface area contributed by atoms with Gasteiger partial charge in [0.05, 0.1) is 12.2 Å². The number of hydrogen-bond acceptors (Lipinski definition) is 3. The van der Waals surface area contributed by atoms with Gasteiger partial charge in [0.2, 0.25) is 0 Å². The molecule has 0 saturated carbocycles. The van der Waals surface area contributed by atoms with Crippen molar-refractivity contribution in [3.05, 3.63) is 59.7 Å². The summed E-state index contributed by atoms with van der Waals surface area (Å²) in [6.45, 7) is 2.60. The molecular weight excluding hydrogens is 264 g/mol. The van der Waals surface area contributed by atoms with Crippen LogP contribution in [-0.4, -0.2) is 24.5 Å². The van der Waals surface area contributed by atoms with Crippen LogP contribution in [-0.2, 0) is 0 Å². The first-order valence-electron chi connectivity index (χ1n) is 7.06. The number of nitrogens with zero attached hydrogens (tertiary/aromatic N) is 1. The number of carbonyl (C=O) groups excluding carboxylic acids is 1. The first kappa shape index (κ1) is 13.5. The average molecular weight is 282 g/mol. The summed E-state index contributed by atoms with van der Waals surface area (Å²) >= 11 is 0. The van der Waals surface area contributed by atoms with Gasteiger partial charge >= 0.3 is 0 Å². The number of carbonyl (C=O) groups is 1. The van der Waals surface area contributed by atoms with Gasteiger partial charge in [-0.05, 0) is 36.8 Å². The summed E-state index contributed by atoms with van der Waals surface area (Å²) in [5.41, 5.74) is 2.62. The average Bonchev–Trinajstić information content (AvgIpc) is 2.52. The number of para-hydroxylation sites is 1. The number of hydrogen-bond donors (Lipinski definition) is 1. The number of ether oxygens (including phenoxy) is 1. The molecule has 1 heterocycles. The molecule has 0 aromatic heterocycles. The minimum Gasteiger partial charge on any atom is -0.494 e. The van der Waals surface area contributed by atoms with Crippen LogP contribution in [0.25, 0.3) is 0 Å². The second kappa shape index (κ2) is 5.48. The van der Waals surface area contributed by atoms with Crippen molar-refractivity contribution >= 4 is 11.6 Å². The van der Waals surface area contributed by atoms with Crippen molar-refractivity contribution in [3.8, 4) is 5.75 Å². The zero-order valence-corrected chi connectivity index (χ0v) is 12.2. The van der Waals surface area contributed by atoms with Crippen LogP contribution >= 0.6 is 0 Å². The van der Waals surface area contributed by atoms with E-state index in [4.69, 9.17) is 4.74 Å². The summed E-state index contributed by atoms with van der Waals surface area (Å²) in [5.74, 6) is 0.870. The normalized spacial score (nSPS) is 17.1. The molecule has 4 heteroatoms. The molecule has 2 aromatic carbocycles. The highest BCUT2D eigenvalue weighted by atomic mass is 16.5. The maximum Gasteiger partial charge on any atom is 0.257 e. The van der Waals surface area contributed by atoms with E-state index in [1.807, 2.05) is 62.5 Å². The lowest BCUT2D eigenvalue weighted by molar-refractivity contribution is 0.0735. The van der Waals surface area contributed by atoms with E-state index in [1.54, 1.807) is 4.90 Å². The Morgan fingerprint density at radius 2 is 1.86 bits per heavy atom. The molecule has 0 bridgehead atoms. The third-order valence-electron chi connectivity index (χ3n) is 3.66. The van der Waals surface area contributed by atoms with Gasteiger partial charge in [0, 0.05) is 12.7 Å². The van der Waals surface area contributed by atoms with Crippen molar-refractivity contribution < 1.29 is 9.53 Å². The topological polar surface area (TPSA) is 41.6 Å². The summed E-state index contributed by atoms with van der Waals surface area (Å²) in [7, 11) is 1.81. The number of benzene rings is 2. The molecule has 3 rings (SSSR count). The Hall–Kier alpha value is -2.49. The first-order valence-corrected chi connectivity index (χ1v) is 7.06. The molecule has 1 amide bonds. The fraction of sp³-hybridized carbons (Fsp3) is 0.235. The first-order chi connectivity index (χ1) is 10.2. The molecule has 0 fully saturated rings. The molecule has 1 unspecified atom stereocenters. The van der Waals surface area contributed by atoms with E-state index in [9.17, 15) is 4.79 Å². The van der Waals surface area contributed by atoms with Crippen molar-refractivity contribution in [3.63, 3.8) is 0 Å². The van der Waals surface area contributed by atoms with Crippen molar-refractivity contribution in [2.24, 2.45) is 0 Å². The molecule has 0 saturated heterocycles. The van der Waals surface area contributed by atoms with Crippen molar-refractivity contribution in [1.29, 1.82) is 0 Å². The number of anilines is 1. The number of nitrogens with one attached hydrogen (secondary N) is 1. The second-order valence-electron chi connectivity index (χ2n) is 5.01.